The Morgan fingerprint density at radius 2 is 2.24 bits per heavy atom. The quantitative estimate of drug-likeness (QED) is 0.876. The highest BCUT2D eigenvalue weighted by molar-refractivity contribution is 8.14. The molecule has 2 aromatic carbocycles. The van der Waals surface area contributed by atoms with Gasteiger partial charge < -0.3 is 15.0 Å². The summed E-state index contributed by atoms with van der Waals surface area (Å²) >= 11 is 7.69. The number of thioether (sulfide) groups is 1. The Morgan fingerprint density at radius 1 is 1.32 bits per heavy atom. The average molecular weight is 372 g/mol. The van der Waals surface area contributed by atoms with Gasteiger partial charge in [0.1, 0.15) is 5.75 Å². The van der Waals surface area contributed by atoms with E-state index in [1.54, 1.807) is 17.8 Å². The molecule has 0 saturated carbocycles. The normalized spacial score (nSPS) is 19.8. The van der Waals surface area contributed by atoms with Gasteiger partial charge in [-0.05, 0) is 53.7 Å². The maximum atomic E-state index is 12.6. The Morgan fingerprint density at radius 3 is 3.16 bits per heavy atom. The van der Waals surface area contributed by atoms with Gasteiger partial charge in [0, 0.05) is 28.6 Å². The number of nitrogens with one attached hydrogen (secondary N) is 1. The topological polar surface area (TPSA) is 53.9 Å². The number of amides is 1. The van der Waals surface area contributed by atoms with Gasteiger partial charge in [0.25, 0.3) is 5.91 Å². The predicted molar refractivity (Wildman–Crippen MR) is 100 cm³/mol. The summed E-state index contributed by atoms with van der Waals surface area (Å²) in [5.41, 5.74) is 2.85. The van der Waals surface area contributed by atoms with Crippen molar-refractivity contribution in [2.24, 2.45) is 4.99 Å². The van der Waals surface area contributed by atoms with Gasteiger partial charge in [-0.25, -0.2) is 0 Å². The first-order valence-corrected chi connectivity index (χ1v) is 9.27. The maximum absolute atomic E-state index is 12.6. The summed E-state index contributed by atoms with van der Waals surface area (Å²) in [6.07, 6.45) is 0.00541. The molecule has 3 aliphatic rings. The van der Waals surface area contributed by atoms with Crippen molar-refractivity contribution in [2.75, 3.05) is 23.3 Å². The number of aliphatic imine (C=N–C) groups is 1. The number of benzene rings is 2. The van der Waals surface area contributed by atoms with E-state index in [1.807, 2.05) is 30.3 Å². The minimum absolute atomic E-state index is 0.145. The molecule has 1 amide bonds. The average Bonchev–Trinajstić information content (AvgIpc) is 3.28. The van der Waals surface area contributed by atoms with Gasteiger partial charge in [-0.1, -0.05) is 11.6 Å². The number of anilines is 2. The van der Waals surface area contributed by atoms with Crippen LogP contribution in [0.4, 0.5) is 11.4 Å². The highest BCUT2D eigenvalue weighted by Gasteiger charge is 2.31. The molecule has 0 aromatic heterocycles. The van der Waals surface area contributed by atoms with Crippen molar-refractivity contribution in [1.29, 1.82) is 0 Å². The van der Waals surface area contributed by atoms with Crippen LogP contribution in [0.1, 0.15) is 5.56 Å². The highest BCUT2D eigenvalue weighted by atomic mass is 35.5. The summed E-state index contributed by atoms with van der Waals surface area (Å²) in [7, 11) is 0. The third-order valence-corrected chi connectivity index (χ3v) is 5.84. The van der Waals surface area contributed by atoms with Crippen LogP contribution >= 0.6 is 23.4 Å². The lowest BCUT2D eigenvalue weighted by Crippen LogP contribution is -2.31. The van der Waals surface area contributed by atoms with Crippen molar-refractivity contribution < 1.29 is 9.53 Å². The van der Waals surface area contributed by atoms with E-state index < -0.39 is 6.10 Å². The van der Waals surface area contributed by atoms with Gasteiger partial charge in [-0.3, -0.25) is 9.79 Å². The lowest BCUT2D eigenvalue weighted by molar-refractivity contribution is -0.122. The van der Waals surface area contributed by atoms with E-state index in [0.717, 1.165) is 40.9 Å². The number of halogens is 1. The molecular weight excluding hydrogens is 358 g/mol. The molecule has 1 N–H and O–H groups in total. The molecule has 126 valence electrons. The molecule has 0 radical (unpaired) electrons. The molecule has 5 nitrogen and oxygen atoms in total. The number of rotatable bonds is 2. The van der Waals surface area contributed by atoms with Gasteiger partial charge in [-0.15, -0.1) is 0 Å². The molecule has 0 spiro atoms. The van der Waals surface area contributed by atoms with Crippen LogP contribution < -0.4 is 15.0 Å². The molecule has 0 fully saturated rings. The van der Waals surface area contributed by atoms with Crippen LogP contribution in [0.5, 0.6) is 5.75 Å². The van der Waals surface area contributed by atoms with E-state index in [4.69, 9.17) is 16.3 Å². The maximum Gasteiger partial charge on any atom is 0.265 e. The molecule has 1 atom stereocenters. The number of amidine groups is 1. The molecule has 0 saturated heterocycles. The van der Waals surface area contributed by atoms with Crippen molar-refractivity contribution in [3.05, 3.63) is 47.0 Å². The lowest BCUT2D eigenvalue weighted by atomic mass is 10.1. The summed E-state index contributed by atoms with van der Waals surface area (Å²) in [4.78, 5) is 20.4. The van der Waals surface area contributed by atoms with Crippen molar-refractivity contribution in [2.45, 2.75) is 17.4 Å². The number of ether oxygens (including phenoxy) is 1. The molecule has 1 unspecified atom stereocenters. The molecule has 3 aliphatic heterocycles. The fourth-order valence-electron chi connectivity index (χ4n) is 3.31. The Bertz CT molecular complexity index is 931. The van der Waals surface area contributed by atoms with Gasteiger partial charge >= 0.3 is 0 Å². The molecule has 5 rings (SSSR count). The summed E-state index contributed by atoms with van der Waals surface area (Å²) < 4.78 is 5.75. The Labute approximate surface area is 154 Å². The summed E-state index contributed by atoms with van der Waals surface area (Å²) in [5.74, 6) is 0.584. The zero-order valence-corrected chi connectivity index (χ0v) is 14.7. The van der Waals surface area contributed by atoms with E-state index in [-0.39, 0.29) is 5.91 Å². The Kier molecular flexibility index (Phi) is 3.43. The van der Waals surface area contributed by atoms with E-state index in [2.05, 4.69) is 15.2 Å². The molecule has 0 aliphatic carbocycles. The summed E-state index contributed by atoms with van der Waals surface area (Å²) in [5, 5.41) is 4.67. The number of fused-ring (bicyclic) bond motifs is 4. The number of hydrogen-bond acceptors (Lipinski definition) is 5. The van der Waals surface area contributed by atoms with Crippen molar-refractivity contribution in [1.82, 2.24) is 0 Å². The molecule has 0 bridgehead atoms. The first-order chi connectivity index (χ1) is 12.2. The first kappa shape index (κ1) is 15.1. The SMILES string of the molecule is O=C(Nc1ccc2c(c1)N1CCN=C1S2)C1Cc2cc(Cl)ccc2O1. The molecule has 25 heavy (non-hydrogen) atoms. The number of nitrogens with zero attached hydrogens (tertiary/aromatic N) is 2. The summed E-state index contributed by atoms with van der Waals surface area (Å²) in [6.45, 7) is 1.73. The number of carbonyl (C=O) groups excluding carboxylic acids is 1. The zero-order chi connectivity index (χ0) is 17.0. The van der Waals surface area contributed by atoms with Crippen LogP contribution in [0.15, 0.2) is 46.3 Å². The largest absolute Gasteiger partial charge is 0.480 e. The number of hydrogen-bond donors (Lipinski definition) is 1. The van der Waals surface area contributed by atoms with Crippen LogP contribution in [0.2, 0.25) is 5.02 Å². The second-order valence-corrected chi connectivity index (χ2v) is 7.60. The standard InChI is InChI=1S/C18H14ClN3O2S/c19-11-1-3-14-10(7-11)8-15(24-14)17(23)21-12-2-4-16-13(9-12)22-6-5-20-18(22)25-16/h1-4,7,9,15H,5-6,8H2,(H,21,23). The summed E-state index contributed by atoms with van der Waals surface area (Å²) in [6, 6.07) is 11.4. The van der Waals surface area contributed by atoms with Crippen molar-refractivity contribution in [3.63, 3.8) is 0 Å². The van der Waals surface area contributed by atoms with Crippen LogP contribution in [0.3, 0.4) is 0 Å². The van der Waals surface area contributed by atoms with Gasteiger partial charge in [0.2, 0.25) is 0 Å². The molecule has 2 aromatic rings. The Balaban J connectivity index is 1.33. The molecule has 3 heterocycles. The minimum Gasteiger partial charge on any atom is -0.480 e. The van der Waals surface area contributed by atoms with E-state index in [1.165, 1.54) is 4.90 Å². The fourth-order valence-corrected chi connectivity index (χ4v) is 4.57. The monoisotopic (exact) mass is 371 g/mol. The third-order valence-electron chi connectivity index (χ3n) is 4.51. The van der Waals surface area contributed by atoms with Crippen molar-refractivity contribution >= 4 is 45.8 Å². The second kappa shape index (κ2) is 5.68. The third kappa shape index (κ3) is 2.56. The van der Waals surface area contributed by atoms with Crippen molar-refractivity contribution in [3.8, 4) is 5.75 Å². The van der Waals surface area contributed by atoms with E-state index in [0.29, 0.717) is 11.4 Å². The first-order valence-electron chi connectivity index (χ1n) is 8.07. The lowest BCUT2D eigenvalue weighted by Gasteiger charge is -2.15. The van der Waals surface area contributed by atoms with Crippen LogP contribution in [0, 0.1) is 0 Å². The van der Waals surface area contributed by atoms with E-state index in [9.17, 15) is 4.79 Å². The minimum atomic E-state index is -0.528. The van der Waals surface area contributed by atoms with Gasteiger partial charge in [0.15, 0.2) is 11.3 Å². The molecule has 7 heteroatoms. The smallest absolute Gasteiger partial charge is 0.265 e. The highest BCUT2D eigenvalue weighted by Crippen LogP contribution is 2.43. The van der Waals surface area contributed by atoms with Gasteiger partial charge in [0.05, 0.1) is 12.2 Å². The molecular formula is C18H14ClN3O2S. The fraction of sp³-hybridized carbons (Fsp3) is 0.222. The van der Waals surface area contributed by atoms with Crippen LogP contribution in [-0.4, -0.2) is 30.3 Å². The van der Waals surface area contributed by atoms with Gasteiger partial charge in [-0.2, -0.15) is 0 Å². The number of carbonyl (C=O) groups is 1. The Hall–Kier alpha value is -2.18. The predicted octanol–water partition coefficient (Wildman–Crippen LogP) is 3.56. The second-order valence-electron chi connectivity index (χ2n) is 6.15. The van der Waals surface area contributed by atoms with Crippen LogP contribution in [-0.2, 0) is 11.2 Å². The zero-order valence-electron chi connectivity index (χ0n) is 13.2. The van der Waals surface area contributed by atoms with E-state index >= 15 is 0 Å². The van der Waals surface area contributed by atoms with Crippen LogP contribution in [0.25, 0.3) is 0 Å².